The molecule has 0 N–H and O–H groups in total. The Balaban J connectivity index is 1.65. The number of nitrogens with zero attached hydrogens (tertiary/aromatic N) is 1. The number of aryl methyl sites for hydroxylation is 1. The standard InChI is InChI=1S/C27H22ClNO2/c1-3-27-19-10-6-4-8-17(19)22(18-9-5-7-11-20(18)27)23-24(27)26(31)29(25(23)30)21-14-16(28)13-12-15(21)2/h4-14,22-24H,3H2,1-2H3/t22?,23-,24+,27?/m0/s1. The Bertz CT molecular complexity index is 1230. The number of carbonyl (C=O) groups excluding carboxylic acids is 2. The molecule has 3 aromatic rings. The molecule has 0 spiro atoms. The summed E-state index contributed by atoms with van der Waals surface area (Å²) in [7, 11) is 0. The molecule has 2 atom stereocenters. The highest BCUT2D eigenvalue weighted by molar-refractivity contribution is 6.31. The van der Waals surface area contributed by atoms with Gasteiger partial charge in [0.15, 0.2) is 0 Å². The Morgan fingerprint density at radius 2 is 1.52 bits per heavy atom. The van der Waals surface area contributed by atoms with Crippen molar-refractivity contribution in [2.45, 2.75) is 31.6 Å². The predicted octanol–water partition coefficient (Wildman–Crippen LogP) is 5.61. The molecule has 4 aliphatic rings. The molecule has 0 unspecified atom stereocenters. The fourth-order valence-electron chi connectivity index (χ4n) is 6.59. The van der Waals surface area contributed by atoms with Gasteiger partial charge in [0.05, 0.1) is 17.5 Å². The summed E-state index contributed by atoms with van der Waals surface area (Å²) in [6, 6.07) is 22.2. The maximum absolute atomic E-state index is 14.0. The number of hydrogen-bond acceptors (Lipinski definition) is 2. The van der Waals surface area contributed by atoms with Gasteiger partial charge in [0.25, 0.3) is 0 Å². The van der Waals surface area contributed by atoms with E-state index in [0.717, 1.165) is 12.0 Å². The van der Waals surface area contributed by atoms with Gasteiger partial charge in [-0.25, -0.2) is 4.90 Å². The van der Waals surface area contributed by atoms with Crippen LogP contribution in [0, 0.1) is 18.8 Å². The molecule has 2 bridgehead atoms. The lowest BCUT2D eigenvalue weighted by atomic mass is 9.46. The highest BCUT2D eigenvalue weighted by Gasteiger charge is 2.67. The highest BCUT2D eigenvalue weighted by atomic mass is 35.5. The van der Waals surface area contributed by atoms with E-state index in [0.29, 0.717) is 10.7 Å². The molecule has 0 aromatic heterocycles. The Hall–Kier alpha value is -2.91. The Morgan fingerprint density at radius 3 is 2.13 bits per heavy atom. The van der Waals surface area contributed by atoms with E-state index in [4.69, 9.17) is 11.6 Å². The van der Waals surface area contributed by atoms with Crippen LogP contribution in [0.4, 0.5) is 5.69 Å². The molecule has 7 rings (SSSR count). The minimum Gasteiger partial charge on any atom is -0.274 e. The summed E-state index contributed by atoms with van der Waals surface area (Å²) < 4.78 is 0. The summed E-state index contributed by atoms with van der Waals surface area (Å²) in [5.41, 5.74) is 5.76. The van der Waals surface area contributed by atoms with Gasteiger partial charge in [-0.1, -0.05) is 73.1 Å². The maximum atomic E-state index is 14.0. The van der Waals surface area contributed by atoms with Crippen LogP contribution in [-0.2, 0) is 15.0 Å². The third-order valence-electron chi connectivity index (χ3n) is 7.76. The van der Waals surface area contributed by atoms with E-state index in [9.17, 15) is 9.59 Å². The van der Waals surface area contributed by atoms with Crippen molar-refractivity contribution in [3.8, 4) is 0 Å². The van der Waals surface area contributed by atoms with Gasteiger partial charge in [0.1, 0.15) is 0 Å². The zero-order valence-corrected chi connectivity index (χ0v) is 18.2. The van der Waals surface area contributed by atoms with Crippen LogP contribution in [0.3, 0.4) is 0 Å². The van der Waals surface area contributed by atoms with Gasteiger partial charge in [-0.3, -0.25) is 9.59 Å². The quantitative estimate of drug-likeness (QED) is 0.498. The minimum atomic E-state index is -0.499. The molecule has 0 saturated carbocycles. The number of benzene rings is 3. The van der Waals surface area contributed by atoms with Crippen LogP contribution < -0.4 is 4.90 Å². The van der Waals surface area contributed by atoms with Gasteiger partial charge in [-0.05, 0) is 53.3 Å². The van der Waals surface area contributed by atoms with Gasteiger partial charge in [-0.2, -0.15) is 0 Å². The second-order valence-corrected chi connectivity index (χ2v) is 9.36. The van der Waals surface area contributed by atoms with Gasteiger partial charge in [0, 0.05) is 16.4 Å². The molecule has 1 saturated heterocycles. The normalized spacial score (nSPS) is 27.8. The Labute approximate surface area is 186 Å². The fourth-order valence-corrected chi connectivity index (χ4v) is 6.76. The van der Waals surface area contributed by atoms with Crippen LogP contribution in [0.15, 0.2) is 66.7 Å². The van der Waals surface area contributed by atoms with E-state index in [1.165, 1.54) is 27.2 Å². The Morgan fingerprint density at radius 1 is 0.903 bits per heavy atom. The number of imide groups is 1. The second kappa shape index (κ2) is 6.30. The number of anilines is 1. The van der Waals surface area contributed by atoms with Crippen molar-refractivity contribution < 1.29 is 9.59 Å². The molecular weight excluding hydrogens is 406 g/mol. The van der Waals surface area contributed by atoms with Crippen LogP contribution in [0.1, 0.15) is 47.1 Å². The molecule has 3 aromatic carbocycles. The number of carbonyl (C=O) groups is 2. The van der Waals surface area contributed by atoms with Crippen molar-refractivity contribution in [2.24, 2.45) is 11.8 Å². The van der Waals surface area contributed by atoms with Crippen molar-refractivity contribution in [3.63, 3.8) is 0 Å². The largest absolute Gasteiger partial charge is 0.274 e. The van der Waals surface area contributed by atoms with E-state index in [2.05, 4.69) is 43.3 Å². The van der Waals surface area contributed by atoms with E-state index in [1.54, 1.807) is 12.1 Å². The summed E-state index contributed by atoms with van der Waals surface area (Å²) in [4.78, 5) is 29.4. The van der Waals surface area contributed by atoms with Crippen molar-refractivity contribution in [1.29, 1.82) is 0 Å². The van der Waals surface area contributed by atoms with Crippen molar-refractivity contribution in [2.75, 3.05) is 4.90 Å². The van der Waals surface area contributed by atoms with Gasteiger partial charge < -0.3 is 0 Å². The molecular formula is C27H22ClNO2. The molecule has 2 amide bonds. The smallest absolute Gasteiger partial charge is 0.238 e. The molecule has 1 fully saturated rings. The zero-order valence-electron chi connectivity index (χ0n) is 17.4. The average molecular weight is 428 g/mol. The first-order valence-electron chi connectivity index (χ1n) is 10.8. The van der Waals surface area contributed by atoms with Gasteiger partial charge in [0.2, 0.25) is 11.8 Å². The first-order chi connectivity index (χ1) is 15.0. The summed E-state index contributed by atoms with van der Waals surface area (Å²) in [6.45, 7) is 4.06. The lowest BCUT2D eigenvalue weighted by molar-refractivity contribution is -0.123. The van der Waals surface area contributed by atoms with E-state index >= 15 is 0 Å². The number of hydrogen-bond donors (Lipinski definition) is 0. The second-order valence-electron chi connectivity index (χ2n) is 8.92. The first-order valence-corrected chi connectivity index (χ1v) is 11.2. The van der Waals surface area contributed by atoms with E-state index in [-0.39, 0.29) is 17.7 Å². The lowest BCUT2D eigenvalue weighted by Crippen LogP contribution is -2.53. The van der Waals surface area contributed by atoms with Crippen LogP contribution in [-0.4, -0.2) is 11.8 Å². The average Bonchev–Trinajstić information content (AvgIpc) is 3.06. The molecule has 154 valence electrons. The number of rotatable bonds is 2. The monoisotopic (exact) mass is 427 g/mol. The highest BCUT2D eigenvalue weighted by Crippen LogP contribution is 2.65. The van der Waals surface area contributed by atoms with Crippen LogP contribution >= 0.6 is 11.6 Å². The van der Waals surface area contributed by atoms with Gasteiger partial charge in [-0.15, -0.1) is 0 Å². The van der Waals surface area contributed by atoms with Crippen LogP contribution in [0.2, 0.25) is 5.02 Å². The SMILES string of the molecule is CCC12c3ccccc3C(c3ccccc31)[C@@H]1C(=O)N(c3cc(Cl)ccc3C)C(=O)[C@@H]12. The third-order valence-corrected chi connectivity index (χ3v) is 8.00. The molecule has 3 nitrogen and oxygen atoms in total. The summed E-state index contributed by atoms with van der Waals surface area (Å²) in [5, 5.41) is 0.524. The molecule has 3 aliphatic carbocycles. The van der Waals surface area contributed by atoms with Crippen LogP contribution in [0.5, 0.6) is 0 Å². The molecule has 0 radical (unpaired) electrons. The minimum absolute atomic E-state index is 0.101. The van der Waals surface area contributed by atoms with Gasteiger partial charge >= 0.3 is 0 Å². The Kier molecular flexibility index (Phi) is 3.83. The van der Waals surface area contributed by atoms with E-state index in [1.807, 2.05) is 25.1 Å². The molecule has 31 heavy (non-hydrogen) atoms. The lowest BCUT2D eigenvalue weighted by Gasteiger charge is -2.54. The predicted molar refractivity (Wildman–Crippen MR) is 121 cm³/mol. The topological polar surface area (TPSA) is 37.4 Å². The molecule has 1 aliphatic heterocycles. The molecule has 4 heteroatoms. The maximum Gasteiger partial charge on any atom is 0.238 e. The summed E-state index contributed by atoms with van der Waals surface area (Å²) in [6.07, 6.45) is 0.760. The number of amides is 2. The number of halogens is 1. The van der Waals surface area contributed by atoms with Crippen LogP contribution in [0.25, 0.3) is 0 Å². The van der Waals surface area contributed by atoms with E-state index < -0.39 is 17.3 Å². The summed E-state index contributed by atoms with van der Waals surface area (Å²) >= 11 is 6.26. The third kappa shape index (κ3) is 2.15. The fraction of sp³-hybridized carbons (Fsp3) is 0.259. The van der Waals surface area contributed by atoms with Crippen molar-refractivity contribution in [3.05, 3.63) is 99.6 Å². The summed E-state index contributed by atoms with van der Waals surface area (Å²) in [5.74, 6) is -1.11. The first kappa shape index (κ1) is 18.8. The molecule has 1 heterocycles. The zero-order chi connectivity index (χ0) is 21.5. The van der Waals surface area contributed by atoms with Crippen molar-refractivity contribution >= 4 is 29.1 Å². The van der Waals surface area contributed by atoms with Crippen molar-refractivity contribution in [1.82, 2.24) is 0 Å².